The molecule has 5 heteroatoms. The van der Waals surface area contributed by atoms with E-state index in [1.807, 2.05) is 42.5 Å². The SMILES string of the molecule is c1ccc(-c2cc(-c3ccccc3)cc(-c3cccc(-c4nc(-c5ccccc5)nc(-c5cccc6oc7ccc(-c8ccc9c(c8)c8ccccc8n9-c8ccccc8)cc7c56)n4)c3)c2)cc1. The van der Waals surface area contributed by atoms with Gasteiger partial charge in [0.2, 0.25) is 0 Å². The molecule has 0 aliphatic heterocycles. The number of hydrogen-bond donors (Lipinski definition) is 0. The average molecular weight is 869 g/mol. The Morgan fingerprint density at radius 3 is 1.47 bits per heavy atom. The van der Waals surface area contributed by atoms with Crippen LogP contribution in [-0.2, 0) is 0 Å². The van der Waals surface area contributed by atoms with E-state index in [4.69, 9.17) is 19.4 Å². The third-order valence-corrected chi connectivity index (χ3v) is 13.0. The lowest BCUT2D eigenvalue weighted by atomic mass is 9.93. The topological polar surface area (TPSA) is 56.7 Å². The second-order valence-corrected chi connectivity index (χ2v) is 17.2. The van der Waals surface area contributed by atoms with Gasteiger partial charge in [-0.1, -0.05) is 170 Å². The van der Waals surface area contributed by atoms with Crippen LogP contribution in [0.5, 0.6) is 0 Å². The van der Waals surface area contributed by atoms with Gasteiger partial charge in [0.25, 0.3) is 0 Å². The second-order valence-electron chi connectivity index (χ2n) is 17.2. The quantitative estimate of drug-likeness (QED) is 0.153. The number of furan rings is 1. The second kappa shape index (κ2) is 16.4. The molecule has 0 amide bonds. The molecule has 68 heavy (non-hydrogen) atoms. The predicted octanol–water partition coefficient (Wildman–Crippen LogP) is 16.5. The van der Waals surface area contributed by atoms with Crippen LogP contribution in [-0.4, -0.2) is 19.5 Å². The Hall–Kier alpha value is -9.19. The van der Waals surface area contributed by atoms with Gasteiger partial charge in [-0.2, -0.15) is 0 Å². The van der Waals surface area contributed by atoms with E-state index in [1.54, 1.807) is 0 Å². The van der Waals surface area contributed by atoms with Gasteiger partial charge in [-0.05, 0) is 117 Å². The molecule has 0 aliphatic carbocycles. The summed E-state index contributed by atoms with van der Waals surface area (Å²) in [6.45, 7) is 0. The molecule has 3 aromatic heterocycles. The van der Waals surface area contributed by atoms with Crippen LogP contribution in [0.2, 0.25) is 0 Å². The molecule has 10 aromatic carbocycles. The van der Waals surface area contributed by atoms with Crippen LogP contribution >= 0.6 is 0 Å². The minimum atomic E-state index is 0.575. The zero-order valence-electron chi connectivity index (χ0n) is 36.8. The van der Waals surface area contributed by atoms with Gasteiger partial charge in [0, 0.05) is 43.9 Å². The number of aromatic nitrogens is 4. The van der Waals surface area contributed by atoms with Crippen molar-refractivity contribution in [2.75, 3.05) is 0 Å². The molecule has 0 unspecified atom stereocenters. The summed E-state index contributed by atoms with van der Waals surface area (Å²) in [7, 11) is 0. The number of fused-ring (bicyclic) bond motifs is 6. The first kappa shape index (κ1) is 39.2. The highest BCUT2D eigenvalue weighted by atomic mass is 16.3. The molecule has 0 radical (unpaired) electrons. The summed E-state index contributed by atoms with van der Waals surface area (Å²) in [5, 5.41) is 4.38. The number of hydrogen-bond acceptors (Lipinski definition) is 4. The number of benzene rings is 10. The van der Waals surface area contributed by atoms with Crippen LogP contribution in [0.3, 0.4) is 0 Å². The Morgan fingerprint density at radius 2 is 0.765 bits per heavy atom. The van der Waals surface area contributed by atoms with Gasteiger partial charge in [-0.25, -0.2) is 15.0 Å². The number of para-hydroxylation sites is 2. The summed E-state index contributed by atoms with van der Waals surface area (Å²) >= 11 is 0. The molecule has 5 nitrogen and oxygen atoms in total. The van der Waals surface area contributed by atoms with Crippen LogP contribution in [0, 0.1) is 0 Å². The Morgan fingerprint density at radius 1 is 0.279 bits per heavy atom. The summed E-state index contributed by atoms with van der Waals surface area (Å²) in [6, 6.07) is 85.3. The van der Waals surface area contributed by atoms with Gasteiger partial charge in [-0.3, -0.25) is 0 Å². The molecule has 0 saturated heterocycles. The Balaban J connectivity index is 0.950. The molecule has 318 valence electrons. The van der Waals surface area contributed by atoms with E-state index >= 15 is 0 Å². The van der Waals surface area contributed by atoms with Crippen molar-refractivity contribution in [2.45, 2.75) is 0 Å². The van der Waals surface area contributed by atoms with E-state index in [2.05, 4.69) is 205 Å². The zero-order valence-corrected chi connectivity index (χ0v) is 36.8. The Kier molecular flexibility index (Phi) is 9.43. The van der Waals surface area contributed by atoms with Crippen LogP contribution < -0.4 is 0 Å². The van der Waals surface area contributed by atoms with Crippen molar-refractivity contribution in [3.05, 3.63) is 243 Å². The van der Waals surface area contributed by atoms with E-state index in [0.29, 0.717) is 17.5 Å². The fourth-order valence-electron chi connectivity index (χ4n) is 9.77. The standard InChI is InChI=1S/C63H40N4O/c1-5-17-41(18-6-1)48-36-49(42-19-7-2-8-20-42)38-50(37-48)44-23-15-24-47(35-44)62-64-61(43-21-9-3-10-22-43)65-63(66-62)53-28-16-30-59-60(53)55-40-46(32-34-58(55)68-59)45-31-33-57-54(39-45)52-27-13-14-29-56(52)67(57)51-25-11-4-12-26-51/h1-40H. The van der Waals surface area contributed by atoms with Crippen molar-refractivity contribution in [1.82, 2.24) is 19.5 Å². The molecule has 0 atom stereocenters. The van der Waals surface area contributed by atoms with Gasteiger partial charge in [0.05, 0.1) is 11.0 Å². The van der Waals surface area contributed by atoms with Crippen LogP contribution in [0.1, 0.15) is 0 Å². The predicted molar refractivity (Wildman–Crippen MR) is 279 cm³/mol. The van der Waals surface area contributed by atoms with E-state index < -0.39 is 0 Å². The number of nitrogens with zero attached hydrogens (tertiary/aromatic N) is 4. The highest BCUT2D eigenvalue weighted by Crippen LogP contribution is 2.41. The molecule has 0 bridgehead atoms. The molecule has 3 heterocycles. The molecule has 0 N–H and O–H groups in total. The number of rotatable bonds is 8. The third kappa shape index (κ3) is 6.93. The lowest BCUT2D eigenvalue weighted by molar-refractivity contribution is 0.669. The smallest absolute Gasteiger partial charge is 0.164 e. The Bertz CT molecular complexity index is 3950. The first-order chi connectivity index (χ1) is 33.7. The van der Waals surface area contributed by atoms with E-state index in [-0.39, 0.29) is 0 Å². The minimum absolute atomic E-state index is 0.575. The average Bonchev–Trinajstić information content (AvgIpc) is 3.97. The summed E-state index contributed by atoms with van der Waals surface area (Å²) in [5.41, 5.74) is 16.8. The van der Waals surface area contributed by atoms with Crippen molar-refractivity contribution >= 4 is 43.7 Å². The van der Waals surface area contributed by atoms with Crippen LogP contribution in [0.4, 0.5) is 0 Å². The first-order valence-corrected chi connectivity index (χ1v) is 22.9. The fraction of sp³-hybridized carbons (Fsp3) is 0. The molecule has 0 aliphatic rings. The van der Waals surface area contributed by atoms with Crippen LogP contribution in [0.15, 0.2) is 247 Å². The van der Waals surface area contributed by atoms with E-state index in [9.17, 15) is 0 Å². The van der Waals surface area contributed by atoms with Crippen molar-refractivity contribution < 1.29 is 4.42 Å². The molecule has 13 rings (SSSR count). The maximum atomic E-state index is 6.59. The fourth-order valence-corrected chi connectivity index (χ4v) is 9.77. The van der Waals surface area contributed by atoms with Crippen LogP contribution in [0.25, 0.3) is 128 Å². The lowest BCUT2D eigenvalue weighted by Crippen LogP contribution is -2.00. The largest absolute Gasteiger partial charge is 0.456 e. The van der Waals surface area contributed by atoms with Crippen molar-refractivity contribution in [3.63, 3.8) is 0 Å². The Labute approximate surface area is 392 Å². The van der Waals surface area contributed by atoms with Gasteiger partial charge < -0.3 is 8.98 Å². The van der Waals surface area contributed by atoms with Gasteiger partial charge >= 0.3 is 0 Å². The van der Waals surface area contributed by atoms with Gasteiger partial charge in [0.15, 0.2) is 17.5 Å². The van der Waals surface area contributed by atoms with Crippen molar-refractivity contribution in [1.29, 1.82) is 0 Å². The summed E-state index contributed by atoms with van der Waals surface area (Å²) in [6.07, 6.45) is 0. The molecule has 13 aromatic rings. The highest BCUT2D eigenvalue weighted by Gasteiger charge is 2.20. The lowest BCUT2D eigenvalue weighted by Gasteiger charge is -2.13. The first-order valence-electron chi connectivity index (χ1n) is 22.9. The summed E-state index contributed by atoms with van der Waals surface area (Å²) in [4.78, 5) is 15.7. The van der Waals surface area contributed by atoms with E-state index in [0.717, 1.165) is 77.7 Å². The molecule has 0 saturated carbocycles. The van der Waals surface area contributed by atoms with Crippen molar-refractivity contribution in [2.24, 2.45) is 0 Å². The highest BCUT2D eigenvalue weighted by molar-refractivity contribution is 6.14. The monoisotopic (exact) mass is 868 g/mol. The van der Waals surface area contributed by atoms with Gasteiger partial charge in [-0.15, -0.1) is 0 Å². The third-order valence-electron chi connectivity index (χ3n) is 13.0. The van der Waals surface area contributed by atoms with Crippen molar-refractivity contribution in [3.8, 4) is 84.4 Å². The molecule has 0 spiro atoms. The maximum absolute atomic E-state index is 6.59. The van der Waals surface area contributed by atoms with E-state index in [1.165, 1.54) is 32.9 Å². The molecule has 0 fully saturated rings. The minimum Gasteiger partial charge on any atom is -0.456 e. The summed E-state index contributed by atoms with van der Waals surface area (Å²) < 4.78 is 8.94. The molecular weight excluding hydrogens is 829 g/mol. The van der Waals surface area contributed by atoms with Gasteiger partial charge in [0.1, 0.15) is 11.2 Å². The summed E-state index contributed by atoms with van der Waals surface area (Å²) in [5.74, 6) is 1.76. The normalized spacial score (nSPS) is 11.5. The molecular formula is C63H40N4O. The zero-order chi connectivity index (χ0) is 45.0. The maximum Gasteiger partial charge on any atom is 0.164 e.